The summed E-state index contributed by atoms with van der Waals surface area (Å²) in [6.07, 6.45) is 1.84. The summed E-state index contributed by atoms with van der Waals surface area (Å²) < 4.78 is 1.71. The molecule has 1 atom stereocenters. The van der Waals surface area contributed by atoms with Gasteiger partial charge in [0.15, 0.2) is 0 Å². The number of nitrogens with two attached hydrogens (primary N) is 1. The molecule has 3 N–H and O–H groups in total. The van der Waals surface area contributed by atoms with Gasteiger partial charge >= 0.3 is 0 Å². The molecule has 14 heavy (non-hydrogen) atoms. The lowest BCUT2D eigenvalue weighted by atomic mass is 10.3. The molecule has 2 rings (SSSR count). The van der Waals surface area contributed by atoms with Crippen LogP contribution in [0.3, 0.4) is 0 Å². The Labute approximate surface area is 81.1 Å². The minimum Gasteiger partial charge on any atom is -0.322 e. The zero-order chi connectivity index (χ0) is 10.1. The molecule has 2 heterocycles. The van der Waals surface area contributed by atoms with Crippen LogP contribution in [0.15, 0.2) is 12.3 Å². The van der Waals surface area contributed by atoms with Crippen LogP contribution in [0.1, 0.15) is 18.8 Å². The first-order valence-corrected chi connectivity index (χ1v) is 4.34. The average Bonchev–Trinajstić information content (AvgIpc) is 2.70. The maximum absolute atomic E-state index is 5.65. The number of H-pyrrole nitrogens is 1. The molecular weight excluding hydrogens is 180 g/mol. The number of rotatable bonds is 2. The highest BCUT2D eigenvalue weighted by Gasteiger charge is 2.10. The van der Waals surface area contributed by atoms with Crippen LogP contribution in [-0.2, 0) is 7.05 Å². The first kappa shape index (κ1) is 8.89. The molecule has 74 valence electrons. The molecule has 0 aliphatic carbocycles. The van der Waals surface area contributed by atoms with Crippen molar-refractivity contribution in [3.05, 3.63) is 18.1 Å². The fourth-order valence-electron chi connectivity index (χ4n) is 1.13. The van der Waals surface area contributed by atoms with Crippen LogP contribution >= 0.6 is 0 Å². The second kappa shape index (κ2) is 3.22. The second-order valence-electron chi connectivity index (χ2n) is 3.21. The van der Waals surface area contributed by atoms with Gasteiger partial charge in [0.2, 0.25) is 5.82 Å². The number of hydrogen-bond donors (Lipinski definition) is 2. The van der Waals surface area contributed by atoms with Crippen LogP contribution in [0.4, 0.5) is 0 Å². The van der Waals surface area contributed by atoms with Crippen molar-refractivity contribution in [1.29, 1.82) is 0 Å². The van der Waals surface area contributed by atoms with E-state index in [1.54, 1.807) is 4.68 Å². The van der Waals surface area contributed by atoms with E-state index in [0.717, 1.165) is 5.69 Å². The summed E-state index contributed by atoms with van der Waals surface area (Å²) >= 11 is 0. The van der Waals surface area contributed by atoms with Crippen LogP contribution in [0.5, 0.6) is 0 Å². The predicted molar refractivity (Wildman–Crippen MR) is 51.2 cm³/mol. The van der Waals surface area contributed by atoms with Crippen molar-refractivity contribution < 1.29 is 0 Å². The van der Waals surface area contributed by atoms with E-state index in [0.29, 0.717) is 11.6 Å². The molecular formula is C8H12N6. The Hall–Kier alpha value is -1.69. The van der Waals surface area contributed by atoms with Gasteiger partial charge in [-0.25, -0.2) is 4.98 Å². The molecule has 0 aromatic carbocycles. The molecule has 0 bridgehead atoms. The maximum Gasteiger partial charge on any atom is 0.201 e. The third-order valence-electron chi connectivity index (χ3n) is 1.88. The summed E-state index contributed by atoms with van der Waals surface area (Å²) in [4.78, 5) is 4.23. The smallest absolute Gasteiger partial charge is 0.201 e. The van der Waals surface area contributed by atoms with Gasteiger partial charge in [-0.3, -0.25) is 9.78 Å². The molecule has 0 amide bonds. The maximum atomic E-state index is 5.65. The van der Waals surface area contributed by atoms with E-state index in [1.807, 2.05) is 26.2 Å². The fraction of sp³-hybridized carbons (Fsp3) is 0.375. The lowest BCUT2D eigenvalue weighted by Crippen LogP contribution is -2.06. The Kier molecular flexibility index (Phi) is 2.05. The predicted octanol–water partition coefficient (Wildman–Crippen LogP) is 0.225. The monoisotopic (exact) mass is 192 g/mol. The van der Waals surface area contributed by atoms with Crippen molar-refractivity contribution in [3.8, 4) is 11.5 Å². The van der Waals surface area contributed by atoms with Crippen molar-refractivity contribution in [2.24, 2.45) is 12.8 Å². The Morgan fingerprint density at radius 2 is 2.36 bits per heavy atom. The Morgan fingerprint density at radius 3 is 2.86 bits per heavy atom. The van der Waals surface area contributed by atoms with Crippen LogP contribution in [0.25, 0.3) is 11.5 Å². The van der Waals surface area contributed by atoms with Gasteiger partial charge in [-0.15, -0.1) is 0 Å². The minimum absolute atomic E-state index is 0.139. The largest absolute Gasteiger partial charge is 0.322 e. The van der Waals surface area contributed by atoms with Gasteiger partial charge in [-0.1, -0.05) is 0 Å². The van der Waals surface area contributed by atoms with Gasteiger partial charge in [0.1, 0.15) is 11.5 Å². The van der Waals surface area contributed by atoms with Crippen LogP contribution in [0, 0.1) is 0 Å². The SMILES string of the molecule is CC(N)c1nc(-c2ccn(C)n2)n[nH]1. The standard InChI is InChI=1S/C8H12N6/c1-5(9)7-10-8(12-11-7)6-3-4-14(2)13-6/h3-5H,9H2,1-2H3,(H,10,11,12). The lowest BCUT2D eigenvalue weighted by molar-refractivity contribution is 0.745. The molecule has 1 unspecified atom stereocenters. The molecule has 0 saturated heterocycles. The molecule has 0 aliphatic heterocycles. The molecule has 0 radical (unpaired) electrons. The van der Waals surface area contributed by atoms with E-state index in [1.165, 1.54) is 0 Å². The highest BCUT2D eigenvalue weighted by atomic mass is 15.3. The van der Waals surface area contributed by atoms with Gasteiger partial charge in [0, 0.05) is 13.2 Å². The fourth-order valence-corrected chi connectivity index (χ4v) is 1.13. The minimum atomic E-state index is -0.139. The molecule has 2 aromatic rings. The quantitative estimate of drug-likeness (QED) is 0.713. The number of nitrogens with one attached hydrogen (secondary N) is 1. The van der Waals surface area contributed by atoms with Gasteiger partial charge in [0.05, 0.1) is 6.04 Å². The Morgan fingerprint density at radius 1 is 1.57 bits per heavy atom. The number of aromatic nitrogens is 5. The highest BCUT2D eigenvalue weighted by Crippen LogP contribution is 2.12. The van der Waals surface area contributed by atoms with E-state index in [2.05, 4.69) is 20.3 Å². The number of hydrogen-bond acceptors (Lipinski definition) is 4. The zero-order valence-corrected chi connectivity index (χ0v) is 8.10. The molecule has 0 saturated carbocycles. The van der Waals surface area contributed by atoms with E-state index >= 15 is 0 Å². The lowest BCUT2D eigenvalue weighted by Gasteiger charge is -1.95. The molecule has 6 heteroatoms. The van der Waals surface area contributed by atoms with Gasteiger partial charge in [0.25, 0.3) is 0 Å². The first-order valence-electron chi connectivity index (χ1n) is 4.34. The molecule has 2 aromatic heterocycles. The van der Waals surface area contributed by atoms with Crippen molar-refractivity contribution in [3.63, 3.8) is 0 Å². The van der Waals surface area contributed by atoms with E-state index in [4.69, 9.17) is 5.73 Å². The van der Waals surface area contributed by atoms with Crippen molar-refractivity contribution in [1.82, 2.24) is 25.0 Å². The molecule has 0 fully saturated rings. The van der Waals surface area contributed by atoms with Crippen LogP contribution < -0.4 is 5.73 Å². The molecule has 6 nitrogen and oxygen atoms in total. The van der Waals surface area contributed by atoms with Crippen molar-refractivity contribution >= 4 is 0 Å². The normalized spacial score (nSPS) is 13.1. The molecule has 0 spiro atoms. The zero-order valence-electron chi connectivity index (χ0n) is 8.10. The highest BCUT2D eigenvalue weighted by molar-refractivity contribution is 5.47. The number of aromatic amines is 1. The summed E-state index contributed by atoms with van der Waals surface area (Å²) in [6.45, 7) is 1.85. The average molecular weight is 192 g/mol. The summed E-state index contributed by atoms with van der Waals surface area (Å²) in [5.74, 6) is 1.25. The van der Waals surface area contributed by atoms with E-state index in [9.17, 15) is 0 Å². The topological polar surface area (TPSA) is 85.4 Å². The third kappa shape index (κ3) is 1.51. The van der Waals surface area contributed by atoms with Crippen LogP contribution in [0.2, 0.25) is 0 Å². The van der Waals surface area contributed by atoms with Crippen molar-refractivity contribution in [2.75, 3.05) is 0 Å². The Bertz CT molecular complexity index is 426. The summed E-state index contributed by atoms with van der Waals surface area (Å²) in [5.41, 5.74) is 6.40. The first-order chi connectivity index (χ1) is 6.66. The van der Waals surface area contributed by atoms with E-state index < -0.39 is 0 Å². The van der Waals surface area contributed by atoms with Gasteiger partial charge < -0.3 is 5.73 Å². The second-order valence-corrected chi connectivity index (χ2v) is 3.21. The van der Waals surface area contributed by atoms with Gasteiger partial charge in [-0.2, -0.15) is 10.2 Å². The summed E-state index contributed by atoms with van der Waals surface area (Å²) in [6, 6.07) is 1.72. The molecule has 0 aliphatic rings. The van der Waals surface area contributed by atoms with Crippen LogP contribution in [-0.4, -0.2) is 25.0 Å². The Balaban J connectivity index is 2.33. The summed E-state index contributed by atoms with van der Waals surface area (Å²) in [5, 5.41) is 11.0. The van der Waals surface area contributed by atoms with Crippen molar-refractivity contribution in [2.45, 2.75) is 13.0 Å². The number of nitrogens with zero attached hydrogens (tertiary/aromatic N) is 4. The summed E-state index contributed by atoms with van der Waals surface area (Å²) in [7, 11) is 1.85. The third-order valence-corrected chi connectivity index (χ3v) is 1.88. The van der Waals surface area contributed by atoms with E-state index in [-0.39, 0.29) is 6.04 Å². The van der Waals surface area contributed by atoms with Gasteiger partial charge in [-0.05, 0) is 13.0 Å². The number of aryl methyl sites for hydroxylation is 1.